The molecule has 2 aromatic carbocycles. The van der Waals surface area contributed by atoms with E-state index < -0.39 is 20.6 Å². The van der Waals surface area contributed by atoms with Crippen LogP contribution in [-0.2, 0) is 23.1 Å². The summed E-state index contributed by atoms with van der Waals surface area (Å²) in [5.74, 6) is 0.761. The Balaban J connectivity index is 1.99. The quantitative estimate of drug-likeness (QED) is 0.266. The number of ketones is 1. The van der Waals surface area contributed by atoms with Crippen LogP contribution in [0.3, 0.4) is 0 Å². The second kappa shape index (κ2) is 10.7. The Morgan fingerprint density at radius 1 is 0.882 bits per heavy atom. The van der Waals surface area contributed by atoms with Crippen molar-refractivity contribution in [3.63, 3.8) is 0 Å². The summed E-state index contributed by atoms with van der Waals surface area (Å²) in [5, 5.41) is 0. The number of carbonyl (C=O) groups excluding carboxylic acids is 1. The molecule has 0 bridgehead atoms. The normalized spacial score (nSPS) is 11.9. The van der Waals surface area contributed by atoms with E-state index in [-0.39, 0.29) is 18.8 Å². The van der Waals surface area contributed by atoms with Gasteiger partial charge in [0.05, 0.1) is 14.2 Å². The second-order valence-corrected chi connectivity index (χ2v) is 11.5. The van der Waals surface area contributed by atoms with E-state index in [2.05, 4.69) is 20.9 Å². The van der Waals surface area contributed by atoms with Crippen LogP contribution < -0.4 is 9.47 Å². The lowest BCUT2D eigenvalue weighted by Gasteiger charge is -2.31. The van der Waals surface area contributed by atoms with Crippen LogP contribution in [0.15, 0.2) is 71.3 Å². The van der Waals surface area contributed by atoms with Gasteiger partial charge in [-0.3, -0.25) is 4.79 Å². The summed E-state index contributed by atoms with van der Waals surface area (Å²) < 4.78 is 38.3. The van der Waals surface area contributed by atoms with E-state index in [0.717, 1.165) is 11.1 Å². The lowest BCUT2D eigenvalue weighted by atomic mass is 10.1. The molecule has 9 heteroatoms. The molecule has 0 amide bonds. The molecule has 0 aliphatic rings. The summed E-state index contributed by atoms with van der Waals surface area (Å²) in [6, 6.07) is 19.2. The molecule has 3 rings (SSSR count). The molecule has 1 heterocycles. The first-order chi connectivity index (χ1) is 16.1. The van der Waals surface area contributed by atoms with Gasteiger partial charge in [-0.25, -0.2) is 13.4 Å². The third kappa shape index (κ3) is 5.65. The number of nitrogens with zero attached hydrogens (tertiary/aromatic N) is 2. The zero-order valence-electron chi connectivity index (χ0n) is 19.5. The highest BCUT2D eigenvalue weighted by atomic mass is 79.9. The molecule has 0 saturated carbocycles. The summed E-state index contributed by atoms with van der Waals surface area (Å²) in [7, 11) is -0.985. The molecule has 180 valence electrons. The fourth-order valence-corrected chi connectivity index (χ4v) is 5.34. The Labute approximate surface area is 208 Å². The van der Waals surface area contributed by atoms with Gasteiger partial charge < -0.3 is 9.47 Å². The van der Waals surface area contributed by atoms with Gasteiger partial charge in [0, 0.05) is 13.1 Å². The number of halogens is 1. The minimum absolute atomic E-state index is 0.0804. The minimum Gasteiger partial charge on any atom is -0.497 e. The van der Waals surface area contributed by atoms with Gasteiger partial charge in [0.25, 0.3) is 0 Å². The van der Waals surface area contributed by atoms with Gasteiger partial charge in [-0.1, -0.05) is 30.3 Å². The maximum Gasteiger partial charge on any atom is 0.227 e. The molecule has 0 atom stereocenters. The highest BCUT2D eigenvalue weighted by Gasteiger charge is 2.46. The van der Waals surface area contributed by atoms with Gasteiger partial charge in [-0.15, -0.1) is 0 Å². The molecular formula is C25H27BrN2O5S. The van der Waals surface area contributed by atoms with E-state index in [9.17, 15) is 13.2 Å². The maximum atomic E-state index is 13.9. The Morgan fingerprint density at radius 3 is 1.76 bits per heavy atom. The Hall–Kier alpha value is -2.75. The van der Waals surface area contributed by atoms with E-state index >= 15 is 0 Å². The van der Waals surface area contributed by atoms with Crippen molar-refractivity contribution in [1.29, 1.82) is 0 Å². The average Bonchev–Trinajstić information content (AvgIpc) is 2.83. The van der Waals surface area contributed by atoms with Crippen LogP contribution in [0.1, 0.15) is 35.5 Å². The molecule has 0 spiro atoms. The summed E-state index contributed by atoms with van der Waals surface area (Å²) >= 11 is 3.24. The predicted octanol–water partition coefficient (Wildman–Crippen LogP) is 4.85. The second-order valence-electron chi connectivity index (χ2n) is 8.15. The number of pyridine rings is 1. The Kier molecular flexibility index (Phi) is 8.12. The highest BCUT2D eigenvalue weighted by molar-refractivity contribution is 9.10. The van der Waals surface area contributed by atoms with Gasteiger partial charge in [-0.05, 0) is 77.3 Å². The van der Waals surface area contributed by atoms with Crippen molar-refractivity contribution in [3.05, 3.63) is 88.2 Å². The van der Waals surface area contributed by atoms with Crippen molar-refractivity contribution in [1.82, 2.24) is 9.29 Å². The molecule has 0 unspecified atom stereocenters. The number of hydrogen-bond acceptors (Lipinski definition) is 6. The molecule has 34 heavy (non-hydrogen) atoms. The first-order valence-corrected chi connectivity index (χ1v) is 12.7. The standard InChI is InChI=1S/C25H27BrN2O5S/c1-25(2,24(29)22-6-5-7-23(26)27-22)34(30,31)28(16-18-8-12-20(32-3)13-9-18)17-19-10-14-21(33-4)15-11-19/h5-15H,16-17H2,1-4H3. The fourth-order valence-electron chi connectivity index (χ4n) is 3.38. The number of benzene rings is 2. The minimum atomic E-state index is -4.12. The van der Waals surface area contributed by atoms with Crippen LogP contribution in [0.5, 0.6) is 11.5 Å². The molecule has 0 radical (unpaired) electrons. The summed E-state index contributed by atoms with van der Waals surface area (Å²) in [6.07, 6.45) is 0. The van der Waals surface area contributed by atoms with Crippen LogP contribution in [0.4, 0.5) is 0 Å². The Morgan fingerprint density at radius 2 is 1.35 bits per heavy atom. The number of sulfonamides is 1. The molecule has 0 fully saturated rings. The van der Waals surface area contributed by atoms with Crippen LogP contribution in [-0.4, -0.2) is 42.5 Å². The molecule has 3 aromatic rings. The number of rotatable bonds is 10. The molecule has 0 aliphatic carbocycles. The van der Waals surface area contributed by atoms with Crippen molar-refractivity contribution < 1.29 is 22.7 Å². The lowest BCUT2D eigenvalue weighted by Crippen LogP contribution is -2.49. The van der Waals surface area contributed by atoms with Crippen LogP contribution in [0, 0.1) is 0 Å². The summed E-state index contributed by atoms with van der Waals surface area (Å²) in [4.78, 5) is 17.5. The molecular weight excluding hydrogens is 520 g/mol. The molecule has 0 N–H and O–H groups in total. The van der Waals surface area contributed by atoms with E-state index in [4.69, 9.17) is 9.47 Å². The summed E-state index contributed by atoms with van der Waals surface area (Å²) in [5.41, 5.74) is 1.61. The highest BCUT2D eigenvalue weighted by Crippen LogP contribution is 2.29. The molecule has 0 aliphatic heterocycles. The van der Waals surface area contributed by atoms with Gasteiger partial charge in [0.1, 0.15) is 26.5 Å². The van der Waals surface area contributed by atoms with Gasteiger partial charge in [-0.2, -0.15) is 4.31 Å². The van der Waals surface area contributed by atoms with Crippen molar-refractivity contribution >= 4 is 31.7 Å². The summed E-state index contributed by atoms with van der Waals surface area (Å²) in [6.45, 7) is 3.01. The fraction of sp³-hybridized carbons (Fsp3) is 0.280. The zero-order valence-corrected chi connectivity index (χ0v) is 21.9. The van der Waals surface area contributed by atoms with Gasteiger partial charge in [0.2, 0.25) is 15.8 Å². The van der Waals surface area contributed by atoms with E-state index in [0.29, 0.717) is 16.1 Å². The smallest absolute Gasteiger partial charge is 0.227 e. The Bertz CT molecular complexity index is 1190. The topological polar surface area (TPSA) is 85.8 Å². The molecule has 0 saturated heterocycles. The third-order valence-electron chi connectivity index (χ3n) is 5.52. The first-order valence-electron chi connectivity index (χ1n) is 10.5. The van der Waals surface area contributed by atoms with E-state index in [1.54, 1.807) is 74.9 Å². The number of ether oxygens (including phenoxy) is 2. The monoisotopic (exact) mass is 546 g/mol. The van der Waals surface area contributed by atoms with Crippen molar-refractivity contribution in [2.45, 2.75) is 31.7 Å². The molecule has 7 nitrogen and oxygen atoms in total. The number of hydrogen-bond donors (Lipinski definition) is 0. The number of carbonyl (C=O) groups is 1. The van der Waals surface area contributed by atoms with Crippen LogP contribution >= 0.6 is 15.9 Å². The van der Waals surface area contributed by atoms with Crippen LogP contribution in [0.2, 0.25) is 0 Å². The third-order valence-corrected chi connectivity index (χ3v) is 8.37. The average molecular weight is 547 g/mol. The number of aromatic nitrogens is 1. The maximum absolute atomic E-state index is 13.9. The largest absolute Gasteiger partial charge is 0.497 e. The van der Waals surface area contributed by atoms with Gasteiger partial charge in [0.15, 0.2) is 0 Å². The SMILES string of the molecule is COc1ccc(CN(Cc2ccc(OC)cc2)S(=O)(=O)C(C)(C)C(=O)c2cccc(Br)n2)cc1. The first kappa shape index (κ1) is 25.9. The lowest BCUT2D eigenvalue weighted by molar-refractivity contribution is 0.0944. The molecule has 1 aromatic heterocycles. The van der Waals surface area contributed by atoms with E-state index in [1.165, 1.54) is 24.2 Å². The zero-order chi connectivity index (χ0) is 24.9. The van der Waals surface area contributed by atoms with Crippen LogP contribution in [0.25, 0.3) is 0 Å². The van der Waals surface area contributed by atoms with Crippen molar-refractivity contribution in [2.24, 2.45) is 0 Å². The van der Waals surface area contributed by atoms with Gasteiger partial charge >= 0.3 is 0 Å². The van der Waals surface area contributed by atoms with Crippen molar-refractivity contribution in [2.75, 3.05) is 14.2 Å². The predicted molar refractivity (Wildman–Crippen MR) is 135 cm³/mol. The number of methoxy groups -OCH3 is 2. The van der Waals surface area contributed by atoms with Crippen molar-refractivity contribution in [3.8, 4) is 11.5 Å². The number of Topliss-reactive ketones (excluding diaryl/α,β-unsaturated/α-hetero) is 1. The van der Waals surface area contributed by atoms with E-state index in [1.807, 2.05) is 0 Å².